The molecule has 1 saturated heterocycles. The average Bonchev–Trinajstić information content (AvgIpc) is 2.61. The van der Waals surface area contributed by atoms with Crippen molar-refractivity contribution in [1.29, 1.82) is 0 Å². The second kappa shape index (κ2) is 7.21. The van der Waals surface area contributed by atoms with E-state index in [0.29, 0.717) is 0 Å². The molecule has 2 heterocycles. The van der Waals surface area contributed by atoms with Gasteiger partial charge < -0.3 is 4.90 Å². The third-order valence-corrected chi connectivity index (χ3v) is 4.36. The van der Waals surface area contributed by atoms with Crippen molar-refractivity contribution in [2.24, 2.45) is 0 Å². The van der Waals surface area contributed by atoms with E-state index in [9.17, 15) is 4.79 Å². The van der Waals surface area contributed by atoms with Crippen LogP contribution in [0.15, 0.2) is 54.9 Å². The molecule has 1 amide bonds. The predicted octanol–water partition coefficient (Wildman–Crippen LogP) is 3.42. The molecule has 1 aliphatic heterocycles. The molecule has 0 aliphatic carbocycles. The number of amides is 1. The van der Waals surface area contributed by atoms with Crippen LogP contribution in [0.1, 0.15) is 36.3 Å². The summed E-state index contributed by atoms with van der Waals surface area (Å²) in [6, 6.07) is 14.1. The Hall–Kier alpha value is -2.16. The van der Waals surface area contributed by atoms with Crippen LogP contribution in [0.2, 0.25) is 0 Å². The molecule has 114 valence electrons. The summed E-state index contributed by atoms with van der Waals surface area (Å²) in [7, 11) is 0. The second-order valence-electron chi connectivity index (χ2n) is 5.91. The summed E-state index contributed by atoms with van der Waals surface area (Å²) in [4.78, 5) is 19.1. The number of carbonyl (C=O) groups is 1. The van der Waals surface area contributed by atoms with E-state index in [1.54, 1.807) is 12.4 Å². The molecule has 0 radical (unpaired) electrons. The van der Waals surface area contributed by atoms with Gasteiger partial charge in [0.1, 0.15) is 0 Å². The van der Waals surface area contributed by atoms with Crippen molar-refractivity contribution in [1.82, 2.24) is 9.88 Å². The monoisotopic (exact) mass is 294 g/mol. The van der Waals surface area contributed by atoms with Crippen molar-refractivity contribution in [2.45, 2.75) is 31.6 Å². The van der Waals surface area contributed by atoms with E-state index in [1.165, 1.54) is 6.42 Å². The molecule has 22 heavy (non-hydrogen) atoms. The van der Waals surface area contributed by atoms with Crippen LogP contribution < -0.4 is 0 Å². The highest BCUT2D eigenvalue weighted by Gasteiger charge is 2.27. The topological polar surface area (TPSA) is 33.2 Å². The lowest BCUT2D eigenvalue weighted by Crippen LogP contribution is -2.39. The fraction of sp³-hybridized carbons (Fsp3) is 0.368. The van der Waals surface area contributed by atoms with Gasteiger partial charge in [-0.05, 0) is 48.9 Å². The highest BCUT2D eigenvalue weighted by atomic mass is 16.2. The van der Waals surface area contributed by atoms with E-state index in [0.717, 1.165) is 43.5 Å². The number of rotatable bonds is 4. The summed E-state index contributed by atoms with van der Waals surface area (Å²) in [5, 5.41) is 0. The zero-order valence-corrected chi connectivity index (χ0v) is 12.8. The van der Waals surface area contributed by atoms with Crippen molar-refractivity contribution < 1.29 is 4.79 Å². The Morgan fingerprint density at radius 2 is 1.68 bits per heavy atom. The van der Waals surface area contributed by atoms with Gasteiger partial charge >= 0.3 is 0 Å². The van der Waals surface area contributed by atoms with Gasteiger partial charge in [-0.25, -0.2) is 0 Å². The summed E-state index contributed by atoms with van der Waals surface area (Å²) >= 11 is 0. The molecule has 0 bridgehead atoms. The van der Waals surface area contributed by atoms with E-state index in [-0.39, 0.29) is 11.8 Å². The van der Waals surface area contributed by atoms with Crippen molar-refractivity contribution in [2.75, 3.05) is 13.1 Å². The van der Waals surface area contributed by atoms with Crippen LogP contribution >= 0.6 is 0 Å². The fourth-order valence-electron chi connectivity index (χ4n) is 3.12. The van der Waals surface area contributed by atoms with Gasteiger partial charge in [0, 0.05) is 25.5 Å². The Morgan fingerprint density at radius 1 is 1.00 bits per heavy atom. The second-order valence-corrected chi connectivity index (χ2v) is 5.91. The minimum Gasteiger partial charge on any atom is -0.342 e. The SMILES string of the molecule is O=C(C(Cc1ccncc1)c1ccccc1)N1CCCCC1. The van der Waals surface area contributed by atoms with Crippen molar-refractivity contribution >= 4 is 5.91 Å². The van der Waals surface area contributed by atoms with Gasteiger partial charge in [-0.1, -0.05) is 30.3 Å². The van der Waals surface area contributed by atoms with Crippen molar-refractivity contribution in [3.05, 3.63) is 66.0 Å². The number of hydrogen-bond acceptors (Lipinski definition) is 2. The standard InChI is InChI=1S/C19H22N2O/c22-19(21-13-5-2-6-14-21)18(17-7-3-1-4-8-17)15-16-9-11-20-12-10-16/h1,3-4,7-12,18H,2,5-6,13-15H2. The Bertz CT molecular complexity index is 591. The molecule has 1 atom stereocenters. The van der Waals surface area contributed by atoms with Gasteiger partial charge in [-0.2, -0.15) is 0 Å². The summed E-state index contributed by atoms with van der Waals surface area (Å²) in [6.07, 6.45) is 7.82. The first-order chi connectivity index (χ1) is 10.8. The van der Waals surface area contributed by atoms with Crippen LogP contribution in [-0.4, -0.2) is 28.9 Å². The number of likely N-dealkylation sites (tertiary alicyclic amines) is 1. The third kappa shape index (κ3) is 3.53. The van der Waals surface area contributed by atoms with Crippen LogP contribution in [0.5, 0.6) is 0 Å². The minimum absolute atomic E-state index is 0.0956. The summed E-state index contributed by atoms with van der Waals surface area (Å²) in [5.41, 5.74) is 2.27. The number of aromatic nitrogens is 1. The maximum Gasteiger partial charge on any atom is 0.230 e. The van der Waals surface area contributed by atoms with E-state index in [4.69, 9.17) is 0 Å². The maximum atomic E-state index is 13.0. The highest BCUT2D eigenvalue weighted by Crippen LogP contribution is 2.25. The molecule has 1 aliphatic rings. The van der Waals surface area contributed by atoms with Crippen LogP contribution in [0.3, 0.4) is 0 Å². The molecule has 0 N–H and O–H groups in total. The van der Waals surface area contributed by atoms with Gasteiger partial charge in [0.25, 0.3) is 0 Å². The molecule has 3 nitrogen and oxygen atoms in total. The lowest BCUT2D eigenvalue weighted by molar-refractivity contribution is -0.133. The molecule has 1 unspecified atom stereocenters. The lowest BCUT2D eigenvalue weighted by Gasteiger charge is -2.30. The number of benzene rings is 1. The van der Waals surface area contributed by atoms with Gasteiger partial charge in [0.05, 0.1) is 5.92 Å². The van der Waals surface area contributed by atoms with Gasteiger partial charge in [0.2, 0.25) is 5.91 Å². The zero-order valence-electron chi connectivity index (χ0n) is 12.8. The quantitative estimate of drug-likeness (QED) is 0.865. The first-order valence-corrected chi connectivity index (χ1v) is 8.07. The Balaban J connectivity index is 1.84. The van der Waals surface area contributed by atoms with E-state index in [1.807, 2.05) is 35.2 Å². The first kappa shape index (κ1) is 14.8. The summed E-state index contributed by atoms with van der Waals surface area (Å²) < 4.78 is 0. The van der Waals surface area contributed by atoms with Crippen LogP contribution in [0.25, 0.3) is 0 Å². The molecular formula is C19H22N2O. The Morgan fingerprint density at radius 3 is 2.36 bits per heavy atom. The van der Waals surface area contributed by atoms with Crippen LogP contribution in [-0.2, 0) is 11.2 Å². The van der Waals surface area contributed by atoms with Gasteiger partial charge in [-0.15, -0.1) is 0 Å². The molecular weight excluding hydrogens is 272 g/mol. The fourth-order valence-corrected chi connectivity index (χ4v) is 3.12. The largest absolute Gasteiger partial charge is 0.342 e. The van der Waals surface area contributed by atoms with Gasteiger partial charge in [-0.3, -0.25) is 9.78 Å². The number of carbonyl (C=O) groups excluding carboxylic acids is 1. The molecule has 1 fully saturated rings. The molecule has 3 rings (SSSR count). The average molecular weight is 294 g/mol. The van der Waals surface area contributed by atoms with E-state index < -0.39 is 0 Å². The van der Waals surface area contributed by atoms with Crippen LogP contribution in [0.4, 0.5) is 0 Å². The molecule has 3 heteroatoms. The molecule has 1 aromatic heterocycles. The molecule has 0 saturated carbocycles. The smallest absolute Gasteiger partial charge is 0.230 e. The number of hydrogen-bond donors (Lipinski definition) is 0. The normalized spacial score (nSPS) is 16.3. The highest BCUT2D eigenvalue weighted by molar-refractivity contribution is 5.84. The van der Waals surface area contributed by atoms with Crippen LogP contribution in [0, 0.1) is 0 Å². The number of nitrogens with zero attached hydrogens (tertiary/aromatic N) is 2. The van der Waals surface area contributed by atoms with E-state index >= 15 is 0 Å². The Kier molecular flexibility index (Phi) is 4.84. The third-order valence-electron chi connectivity index (χ3n) is 4.36. The number of pyridine rings is 1. The summed E-state index contributed by atoms with van der Waals surface area (Å²) in [6.45, 7) is 1.80. The Labute approximate surface area is 132 Å². The zero-order chi connectivity index (χ0) is 15.2. The van der Waals surface area contributed by atoms with Crippen molar-refractivity contribution in [3.63, 3.8) is 0 Å². The van der Waals surface area contributed by atoms with E-state index in [2.05, 4.69) is 17.1 Å². The maximum absolute atomic E-state index is 13.0. The van der Waals surface area contributed by atoms with Crippen molar-refractivity contribution in [3.8, 4) is 0 Å². The van der Waals surface area contributed by atoms with Gasteiger partial charge in [0.15, 0.2) is 0 Å². The molecule has 0 spiro atoms. The first-order valence-electron chi connectivity index (χ1n) is 8.07. The molecule has 1 aromatic carbocycles. The molecule has 2 aromatic rings. The minimum atomic E-state index is -0.0956. The summed E-state index contributed by atoms with van der Waals surface area (Å²) in [5.74, 6) is 0.171. The number of piperidine rings is 1. The predicted molar refractivity (Wildman–Crippen MR) is 87.6 cm³/mol. The lowest BCUT2D eigenvalue weighted by atomic mass is 9.90.